The van der Waals surface area contributed by atoms with Crippen molar-refractivity contribution >= 4 is 27.6 Å². The van der Waals surface area contributed by atoms with Crippen molar-refractivity contribution in [3.63, 3.8) is 0 Å². The topological polar surface area (TPSA) is 83.5 Å². The number of hydrogen-bond donors (Lipinski definition) is 2. The molecule has 1 aromatic carbocycles. The van der Waals surface area contributed by atoms with Crippen LogP contribution < -0.4 is 4.72 Å². The van der Waals surface area contributed by atoms with E-state index in [2.05, 4.69) is 18.6 Å². The summed E-state index contributed by atoms with van der Waals surface area (Å²) < 4.78 is 27.1. The number of sulfonamides is 1. The summed E-state index contributed by atoms with van der Waals surface area (Å²) in [7, 11) is -3.73. The van der Waals surface area contributed by atoms with E-state index >= 15 is 0 Å². The molecule has 21 heavy (non-hydrogen) atoms. The van der Waals surface area contributed by atoms with E-state index in [1.54, 1.807) is 0 Å². The van der Waals surface area contributed by atoms with Crippen LogP contribution in [0.1, 0.15) is 37.0 Å². The van der Waals surface area contributed by atoms with E-state index in [1.807, 2.05) is 0 Å². The number of nitrogens with one attached hydrogen (secondary N) is 1. The molecule has 0 amide bonds. The second kappa shape index (κ2) is 5.59. The van der Waals surface area contributed by atoms with Crippen molar-refractivity contribution in [2.45, 2.75) is 31.6 Å². The Labute approximate surface area is 129 Å². The summed E-state index contributed by atoms with van der Waals surface area (Å²) in [5.41, 5.74) is -0.181. The van der Waals surface area contributed by atoms with Crippen LogP contribution in [0.15, 0.2) is 23.1 Å². The first kappa shape index (κ1) is 16.3. The van der Waals surface area contributed by atoms with Crippen molar-refractivity contribution in [3.05, 3.63) is 28.8 Å². The van der Waals surface area contributed by atoms with Gasteiger partial charge in [-0.25, -0.2) is 17.9 Å². The second-order valence-electron chi connectivity index (χ2n) is 5.79. The third-order valence-corrected chi connectivity index (χ3v) is 5.94. The van der Waals surface area contributed by atoms with Crippen molar-refractivity contribution < 1.29 is 18.3 Å². The van der Waals surface area contributed by atoms with Gasteiger partial charge in [0, 0.05) is 6.54 Å². The molecule has 2 rings (SSSR count). The molecule has 0 radical (unpaired) electrons. The summed E-state index contributed by atoms with van der Waals surface area (Å²) in [4.78, 5) is 10.9. The average molecular weight is 332 g/mol. The smallest absolute Gasteiger partial charge is 0.337 e. The van der Waals surface area contributed by atoms with Crippen LogP contribution in [0.5, 0.6) is 0 Å². The molecule has 0 saturated heterocycles. The molecule has 1 saturated carbocycles. The number of rotatable bonds is 6. The summed E-state index contributed by atoms with van der Waals surface area (Å²) in [5, 5.41) is 9.01. The molecule has 0 bridgehead atoms. The normalized spacial score (nSPS) is 17.0. The highest BCUT2D eigenvalue weighted by molar-refractivity contribution is 7.89. The van der Waals surface area contributed by atoms with Gasteiger partial charge in [0.1, 0.15) is 0 Å². The van der Waals surface area contributed by atoms with Gasteiger partial charge in [0.05, 0.1) is 15.5 Å². The van der Waals surface area contributed by atoms with Gasteiger partial charge in [0.15, 0.2) is 0 Å². The van der Waals surface area contributed by atoms with Gasteiger partial charge in [-0.2, -0.15) is 0 Å². The predicted octanol–water partition coefficient (Wildman–Crippen LogP) is 2.75. The largest absolute Gasteiger partial charge is 0.478 e. The van der Waals surface area contributed by atoms with E-state index < -0.39 is 16.0 Å². The molecule has 0 aliphatic heterocycles. The lowest BCUT2D eigenvalue weighted by molar-refractivity contribution is 0.0697. The molecule has 0 unspecified atom stereocenters. The highest BCUT2D eigenvalue weighted by Gasteiger charge is 2.45. The summed E-state index contributed by atoms with van der Waals surface area (Å²) in [6, 6.07) is 3.68. The molecule has 1 aliphatic carbocycles. The highest BCUT2D eigenvalue weighted by Crippen LogP contribution is 2.51. The lowest BCUT2D eigenvalue weighted by Crippen LogP contribution is -2.32. The number of hydrogen-bond acceptors (Lipinski definition) is 3. The van der Waals surface area contributed by atoms with Gasteiger partial charge in [-0.3, -0.25) is 0 Å². The molecular weight excluding hydrogens is 314 g/mol. The Morgan fingerprint density at radius 1 is 1.43 bits per heavy atom. The van der Waals surface area contributed by atoms with Crippen LogP contribution >= 0.6 is 11.6 Å². The highest BCUT2D eigenvalue weighted by atomic mass is 35.5. The molecule has 1 aliphatic rings. The van der Waals surface area contributed by atoms with Gasteiger partial charge >= 0.3 is 5.97 Å². The zero-order valence-electron chi connectivity index (χ0n) is 11.9. The fraction of sp³-hybridized carbons (Fsp3) is 0.500. The Bertz CT molecular complexity index is 666. The van der Waals surface area contributed by atoms with Crippen LogP contribution in [0.4, 0.5) is 0 Å². The first-order chi connectivity index (χ1) is 9.68. The minimum Gasteiger partial charge on any atom is -0.478 e. The van der Waals surface area contributed by atoms with Crippen LogP contribution in [-0.4, -0.2) is 26.0 Å². The van der Waals surface area contributed by atoms with Crippen molar-refractivity contribution in [1.82, 2.24) is 4.72 Å². The SMILES string of the molecule is CC(C)C1(CNS(=O)(=O)c2ccc(Cl)c(C(=O)O)c2)CC1. The molecule has 0 aromatic heterocycles. The quantitative estimate of drug-likeness (QED) is 0.839. The molecular formula is C14H18ClNO4S. The lowest BCUT2D eigenvalue weighted by Gasteiger charge is -2.20. The van der Waals surface area contributed by atoms with E-state index in [4.69, 9.17) is 16.7 Å². The third kappa shape index (κ3) is 3.39. The first-order valence-electron chi connectivity index (χ1n) is 6.70. The van der Waals surface area contributed by atoms with Gasteiger partial charge in [-0.1, -0.05) is 25.4 Å². The zero-order valence-corrected chi connectivity index (χ0v) is 13.5. The number of halogens is 1. The summed E-state index contributed by atoms with van der Waals surface area (Å²) >= 11 is 5.75. The molecule has 116 valence electrons. The zero-order chi connectivity index (χ0) is 15.8. The maximum absolute atomic E-state index is 12.3. The van der Waals surface area contributed by atoms with Crippen molar-refractivity contribution in [3.8, 4) is 0 Å². The van der Waals surface area contributed by atoms with E-state index in [0.29, 0.717) is 12.5 Å². The third-order valence-electron chi connectivity index (χ3n) is 4.21. The van der Waals surface area contributed by atoms with Crippen molar-refractivity contribution in [2.24, 2.45) is 11.3 Å². The van der Waals surface area contributed by atoms with Crippen molar-refractivity contribution in [2.75, 3.05) is 6.54 Å². The summed E-state index contributed by atoms with van der Waals surface area (Å²) in [6.07, 6.45) is 2.02. The predicted molar refractivity (Wildman–Crippen MR) is 80.1 cm³/mol. The van der Waals surface area contributed by atoms with E-state index in [-0.39, 0.29) is 20.9 Å². The number of carboxylic acid groups (broad SMARTS) is 1. The van der Waals surface area contributed by atoms with Crippen LogP contribution in [0.3, 0.4) is 0 Å². The minimum atomic E-state index is -3.73. The van der Waals surface area contributed by atoms with E-state index in [0.717, 1.165) is 18.9 Å². The number of carbonyl (C=O) groups is 1. The fourth-order valence-electron chi connectivity index (χ4n) is 2.28. The second-order valence-corrected chi connectivity index (χ2v) is 7.96. The monoisotopic (exact) mass is 331 g/mol. The Balaban J connectivity index is 2.20. The first-order valence-corrected chi connectivity index (χ1v) is 8.57. The fourth-order valence-corrected chi connectivity index (χ4v) is 3.64. The molecule has 1 aromatic rings. The van der Waals surface area contributed by atoms with Gasteiger partial charge in [-0.05, 0) is 42.4 Å². The average Bonchev–Trinajstić information content (AvgIpc) is 3.17. The van der Waals surface area contributed by atoms with E-state index in [9.17, 15) is 13.2 Å². The van der Waals surface area contributed by atoms with Crippen LogP contribution in [0.25, 0.3) is 0 Å². The molecule has 7 heteroatoms. The van der Waals surface area contributed by atoms with Crippen LogP contribution in [-0.2, 0) is 10.0 Å². The van der Waals surface area contributed by atoms with Gasteiger partial charge < -0.3 is 5.11 Å². The summed E-state index contributed by atoms with van der Waals surface area (Å²) in [5.74, 6) is -0.849. The number of aromatic carboxylic acids is 1. The Morgan fingerprint density at radius 3 is 2.52 bits per heavy atom. The Hall–Kier alpha value is -1.11. The van der Waals surface area contributed by atoms with Crippen LogP contribution in [0, 0.1) is 11.3 Å². The van der Waals surface area contributed by atoms with Gasteiger partial charge in [0.25, 0.3) is 0 Å². The molecule has 5 nitrogen and oxygen atoms in total. The maximum atomic E-state index is 12.3. The number of carboxylic acids is 1. The minimum absolute atomic E-state index is 0.0160. The van der Waals surface area contributed by atoms with Gasteiger partial charge in [0.2, 0.25) is 10.0 Å². The standard InChI is InChI=1S/C14H18ClNO4S/c1-9(2)14(5-6-14)8-16-21(19,20)10-3-4-12(15)11(7-10)13(17)18/h3-4,7,9,16H,5-6,8H2,1-2H3,(H,17,18). The van der Waals surface area contributed by atoms with Crippen molar-refractivity contribution in [1.29, 1.82) is 0 Å². The number of benzene rings is 1. The van der Waals surface area contributed by atoms with Gasteiger partial charge in [-0.15, -0.1) is 0 Å². The maximum Gasteiger partial charge on any atom is 0.337 e. The molecule has 2 N–H and O–H groups in total. The molecule has 1 fully saturated rings. The molecule has 0 spiro atoms. The lowest BCUT2D eigenvalue weighted by atomic mass is 9.93. The Kier molecular flexibility index (Phi) is 4.33. The summed E-state index contributed by atoms with van der Waals surface area (Å²) in [6.45, 7) is 4.52. The molecule has 0 heterocycles. The Morgan fingerprint density at radius 2 is 2.05 bits per heavy atom. The van der Waals surface area contributed by atoms with E-state index in [1.165, 1.54) is 12.1 Å². The molecule has 0 atom stereocenters. The van der Waals surface area contributed by atoms with Crippen LogP contribution in [0.2, 0.25) is 5.02 Å².